The zero-order valence-electron chi connectivity index (χ0n) is 12.0. The molecule has 1 heteroatoms. The number of hydrogen-bond acceptors (Lipinski definition) is 1. The van der Waals surface area contributed by atoms with Crippen LogP contribution in [0.5, 0.6) is 0 Å². The minimum Gasteiger partial charge on any atom is -0.395 e. The maximum atomic E-state index is 10.1. The molecule has 0 aliphatic heterocycles. The van der Waals surface area contributed by atoms with Crippen molar-refractivity contribution < 1.29 is 5.11 Å². The Morgan fingerprint density at radius 2 is 1.26 bits per heavy atom. The van der Waals surface area contributed by atoms with E-state index in [2.05, 4.69) is 69.3 Å². The van der Waals surface area contributed by atoms with Gasteiger partial charge in [-0.1, -0.05) is 55.5 Å². The van der Waals surface area contributed by atoms with Crippen molar-refractivity contribution in [2.24, 2.45) is 0 Å². The molecule has 0 fully saturated rings. The number of hydrogen-bond donors (Lipinski definition) is 1. The lowest BCUT2D eigenvalue weighted by Gasteiger charge is -2.34. The summed E-state index contributed by atoms with van der Waals surface area (Å²) in [4.78, 5) is 0. The van der Waals surface area contributed by atoms with E-state index in [1.807, 2.05) is 0 Å². The van der Waals surface area contributed by atoms with Gasteiger partial charge in [0.2, 0.25) is 0 Å². The highest BCUT2D eigenvalue weighted by Crippen LogP contribution is 2.38. The maximum absolute atomic E-state index is 10.1. The lowest BCUT2D eigenvalue weighted by Crippen LogP contribution is -2.33. The van der Waals surface area contributed by atoms with E-state index in [1.165, 1.54) is 22.3 Å². The van der Waals surface area contributed by atoms with Gasteiger partial charge in [-0.05, 0) is 42.5 Å². The summed E-state index contributed by atoms with van der Waals surface area (Å²) in [5.41, 5.74) is 4.64. The molecule has 0 saturated carbocycles. The number of benzene rings is 2. The Bertz CT molecular complexity index is 506. The zero-order chi connectivity index (χ0) is 13.9. The molecule has 0 amide bonds. The van der Waals surface area contributed by atoms with Crippen LogP contribution in [0.2, 0.25) is 0 Å². The van der Waals surface area contributed by atoms with Gasteiger partial charge in [0.15, 0.2) is 0 Å². The standard InChI is InChI=1S/C18H22O/c1-4-18(13-19,16-11-7-5-9-14(16)2)17-12-8-6-10-15(17)3/h5-12,19H,4,13H2,1-3H3. The minimum absolute atomic E-state index is 0.138. The molecule has 2 aromatic rings. The van der Waals surface area contributed by atoms with Crippen LogP contribution >= 0.6 is 0 Å². The van der Waals surface area contributed by atoms with Crippen LogP contribution in [0, 0.1) is 13.8 Å². The Hall–Kier alpha value is -1.60. The van der Waals surface area contributed by atoms with Gasteiger partial charge in [0.1, 0.15) is 0 Å². The molecule has 0 aliphatic rings. The largest absolute Gasteiger partial charge is 0.395 e. The van der Waals surface area contributed by atoms with Gasteiger partial charge >= 0.3 is 0 Å². The molecule has 0 saturated heterocycles. The molecular weight excluding hydrogens is 232 g/mol. The Balaban J connectivity index is 2.69. The first-order valence-electron chi connectivity index (χ1n) is 6.89. The van der Waals surface area contributed by atoms with E-state index < -0.39 is 0 Å². The van der Waals surface area contributed by atoms with E-state index in [4.69, 9.17) is 0 Å². The van der Waals surface area contributed by atoms with E-state index in [0.29, 0.717) is 0 Å². The molecule has 0 radical (unpaired) electrons. The molecule has 0 aromatic heterocycles. The van der Waals surface area contributed by atoms with E-state index >= 15 is 0 Å². The molecular formula is C18H22O. The van der Waals surface area contributed by atoms with Crippen LogP contribution in [0.25, 0.3) is 0 Å². The Morgan fingerprint density at radius 1 is 0.842 bits per heavy atom. The summed E-state index contributed by atoms with van der Waals surface area (Å²) < 4.78 is 0. The predicted octanol–water partition coefficient (Wildman–Crippen LogP) is 3.99. The summed E-state index contributed by atoms with van der Waals surface area (Å²) in [6, 6.07) is 16.7. The topological polar surface area (TPSA) is 20.2 Å². The maximum Gasteiger partial charge on any atom is 0.0568 e. The highest BCUT2D eigenvalue weighted by Gasteiger charge is 2.33. The number of aliphatic hydroxyl groups is 1. The van der Waals surface area contributed by atoms with Crippen LogP contribution in [0.4, 0.5) is 0 Å². The first-order valence-corrected chi connectivity index (χ1v) is 6.89. The van der Waals surface area contributed by atoms with Crippen molar-refractivity contribution in [3.05, 3.63) is 70.8 Å². The zero-order valence-corrected chi connectivity index (χ0v) is 12.0. The monoisotopic (exact) mass is 254 g/mol. The average Bonchev–Trinajstić information content (AvgIpc) is 2.44. The van der Waals surface area contributed by atoms with E-state index in [1.54, 1.807) is 0 Å². The number of aryl methyl sites for hydroxylation is 2. The van der Waals surface area contributed by atoms with Crippen molar-refractivity contribution >= 4 is 0 Å². The summed E-state index contributed by atoms with van der Waals surface area (Å²) >= 11 is 0. The molecule has 0 bridgehead atoms. The third-order valence-electron chi connectivity index (χ3n) is 4.19. The quantitative estimate of drug-likeness (QED) is 0.874. The second-order valence-corrected chi connectivity index (χ2v) is 5.22. The number of rotatable bonds is 4. The van der Waals surface area contributed by atoms with Gasteiger partial charge in [0.05, 0.1) is 6.61 Å². The molecule has 1 N–H and O–H groups in total. The van der Waals surface area contributed by atoms with Crippen LogP contribution in [-0.2, 0) is 5.41 Å². The molecule has 1 nitrogen and oxygen atoms in total. The van der Waals surface area contributed by atoms with E-state index in [-0.39, 0.29) is 12.0 Å². The van der Waals surface area contributed by atoms with Crippen molar-refractivity contribution in [2.45, 2.75) is 32.6 Å². The first kappa shape index (κ1) is 13.8. The first-order chi connectivity index (χ1) is 9.15. The summed E-state index contributed by atoms with van der Waals surface area (Å²) in [7, 11) is 0. The Kier molecular flexibility index (Phi) is 4.06. The van der Waals surface area contributed by atoms with Crippen LogP contribution in [0.1, 0.15) is 35.6 Å². The van der Waals surface area contributed by atoms with Crippen molar-refractivity contribution in [1.82, 2.24) is 0 Å². The SMILES string of the molecule is CCC(CO)(c1ccccc1C)c1ccccc1C. The molecule has 2 aromatic carbocycles. The molecule has 0 heterocycles. The van der Waals surface area contributed by atoms with Crippen molar-refractivity contribution in [3.8, 4) is 0 Å². The van der Waals surface area contributed by atoms with E-state index in [9.17, 15) is 5.11 Å². The third-order valence-corrected chi connectivity index (χ3v) is 4.19. The fourth-order valence-corrected chi connectivity index (χ4v) is 3.03. The molecule has 2 rings (SSSR count). The summed E-state index contributed by atoms with van der Waals surface area (Å²) in [5.74, 6) is 0. The van der Waals surface area contributed by atoms with E-state index in [0.717, 1.165) is 6.42 Å². The molecule has 0 atom stereocenters. The van der Waals surface area contributed by atoms with Crippen LogP contribution in [0.15, 0.2) is 48.5 Å². The number of aliphatic hydroxyl groups excluding tert-OH is 1. The van der Waals surface area contributed by atoms with Crippen LogP contribution in [-0.4, -0.2) is 11.7 Å². The third kappa shape index (κ3) is 2.31. The molecule has 100 valence electrons. The van der Waals surface area contributed by atoms with Crippen LogP contribution in [0.3, 0.4) is 0 Å². The predicted molar refractivity (Wildman–Crippen MR) is 80.5 cm³/mol. The summed E-state index contributed by atoms with van der Waals surface area (Å²) in [5, 5.41) is 10.1. The van der Waals surface area contributed by atoms with Gasteiger partial charge in [-0.3, -0.25) is 0 Å². The lowest BCUT2D eigenvalue weighted by atomic mass is 9.70. The molecule has 0 spiro atoms. The van der Waals surface area contributed by atoms with Gasteiger partial charge < -0.3 is 5.11 Å². The van der Waals surface area contributed by atoms with Gasteiger partial charge in [-0.25, -0.2) is 0 Å². The Labute approximate surface area is 115 Å². The van der Waals surface area contributed by atoms with Crippen molar-refractivity contribution in [2.75, 3.05) is 6.61 Å². The fraction of sp³-hybridized carbons (Fsp3) is 0.333. The lowest BCUT2D eigenvalue weighted by molar-refractivity contribution is 0.214. The van der Waals surface area contributed by atoms with Gasteiger partial charge in [-0.15, -0.1) is 0 Å². The molecule has 19 heavy (non-hydrogen) atoms. The second kappa shape index (κ2) is 5.58. The van der Waals surface area contributed by atoms with Gasteiger partial charge in [-0.2, -0.15) is 0 Å². The van der Waals surface area contributed by atoms with Crippen molar-refractivity contribution in [1.29, 1.82) is 0 Å². The molecule has 0 unspecified atom stereocenters. The highest BCUT2D eigenvalue weighted by molar-refractivity contribution is 5.46. The second-order valence-electron chi connectivity index (χ2n) is 5.22. The highest BCUT2D eigenvalue weighted by atomic mass is 16.3. The molecule has 0 aliphatic carbocycles. The fourth-order valence-electron chi connectivity index (χ4n) is 3.03. The van der Waals surface area contributed by atoms with Gasteiger partial charge in [0, 0.05) is 5.41 Å². The van der Waals surface area contributed by atoms with Crippen molar-refractivity contribution in [3.63, 3.8) is 0 Å². The smallest absolute Gasteiger partial charge is 0.0568 e. The van der Waals surface area contributed by atoms with Gasteiger partial charge in [0.25, 0.3) is 0 Å². The normalized spacial score (nSPS) is 11.6. The summed E-state index contributed by atoms with van der Waals surface area (Å²) in [6.45, 7) is 6.52. The summed E-state index contributed by atoms with van der Waals surface area (Å²) in [6.07, 6.45) is 0.888. The van der Waals surface area contributed by atoms with Crippen LogP contribution < -0.4 is 0 Å². The average molecular weight is 254 g/mol. The minimum atomic E-state index is -0.295. The Morgan fingerprint density at radius 3 is 1.58 bits per heavy atom.